The molecule has 1 N–H and O–H groups in total. The number of benzene rings is 2. The van der Waals surface area contributed by atoms with Crippen LogP contribution in [0.15, 0.2) is 42.5 Å². The summed E-state index contributed by atoms with van der Waals surface area (Å²) >= 11 is 0. The lowest BCUT2D eigenvalue weighted by Gasteiger charge is -2.31. The Morgan fingerprint density at radius 3 is 2.16 bits per heavy atom. The third-order valence-electron chi connectivity index (χ3n) is 6.07. The Morgan fingerprint density at radius 1 is 0.969 bits per heavy atom. The van der Waals surface area contributed by atoms with Crippen molar-refractivity contribution in [1.82, 2.24) is 10.2 Å². The molecule has 32 heavy (non-hydrogen) atoms. The van der Waals surface area contributed by atoms with Crippen molar-refractivity contribution in [2.45, 2.75) is 45.6 Å². The Kier molecular flexibility index (Phi) is 7.44. The lowest BCUT2D eigenvalue weighted by Crippen LogP contribution is -2.42. The van der Waals surface area contributed by atoms with Gasteiger partial charge in [-0.25, -0.2) is 0 Å². The normalized spacial score (nSPS) is 14.7. The van der Waals surface area contributed by atoms with Gasteiger partial charge in [0.15, 0.2) is 11.5 Å². The van der Waals surface area contributed by atoms with E-state index in [1.165, 1.54) is 5.56 Å². The van der Waals surface area contributed by atoms with Gasteiger partial charge < -0.3 is 19.7 Å². The fourth-order valence-corrected chi connectivity index (χ4v) is 3.96. The summed E-state index contributed by atoms with van der Waals surface area (Å²) in [5, 5.41) is 3.01. The predicted molar refractivity (Wildman–Crippen MR) is 125 cm³/mol. The van der Waals surface area contributed by atoms with E-state index >= 15 is 0 Å². The van der Waals surface area contributed by atoms with Crippen LogP contribution in [0.25, 0.3) is 0 Å². The van der Waals surface area contributed by atoms with Gasteiger partial charge in [-0.15, -0.1) is 0 Å². The Morgan fingerprint density at radius 2 is 1.59 bits per heavy atom. The molecule has 0 unspecified atom stereocenters. The summed E-state index contributed by atoms with van der Waals surface area (Å²) in [5.74, 6) is 1.28. The zero-order chi connectivity index (χ0) is 23.3. The van der Waals surface area contributed by atoms with Crippen molar-refractivity contribution >= 4 is 11.8 Å². The summed E-state index contributed by atoms with van der Waals surface area (Å²) in [5.41, 5.74) is 2.92. The van der Waals surface area contributed by atoms with Gasteiger partial charge in [0.05, 0.1) is 14.2 Å². The van der Waals surface area contributed by atoms with Crippen LogP contribution in [-0.4, -0.2) is 44.0 Å². The Labute approximate surface area is 190 Å². The number of carbonyl (C=O) groups is 2. The fourth-order valence-electron chi connectivity index (χ4n) is 3.96. The number of hydrogen-bond acceptors (Lipinski definition) is 4. The van der Waals surface area contributed by atoms with E-state index in [2.05, 4.69) is 26.1 Å². The van der Waals surface area contributed by atoms with Crippen molar-refractivity contribution in [1.29, 1.82) is 0 Å². The molecule has 1 saturated heterocycles. The number of nitrogens with zero attached hydrogens (tertiary/aromatic N) is 1. The minimum atomic E-state index is -0.0811. The van der Waals surface area contributed by atoms with Crippen LogP contribution in [0.1, 0.15) is 55.1 Å². The van der Waals surface area contributed by atoms with Crippen LogP contribution in [0.4, 0.5) is 0 Å². The van der Waals surface area contributed by atoms with Crippen LogP contribution in [0, 0.1) is 5.92 Å². The molecule has 0 aromatic heterocycles. The molecule has 6 nitrogen and oxygen atoms in total. The quantitative estimate of drug-likeness (QED) is 0.735. The molecule has 0 radical (unpaired) electrons. The van der Waals surface area contributed by atoms with Gasteiger partial charge in [-0.05, 0) is 53.6 Å². The van der Waals surface area contributed by atoms with Crippen molar-refractivity contribution in [3.05, 3.63) is 59.2 Å². The first-order valence-electron chi connectivity index (χ1n) is 11.1. The van der Waals surface area contributed by atoms with Crippen LogP contribution in [0.2, 0.25) is 0 Å². The summed E-state index contributed by atoms with van der Waals surface area (Å²) in [6, 6.07) is 13.5. The lowest BCUT2D eigenvalue weighted by molar-refractivity contribution is -0.126. The molecular formula is C26H34N2O4. The SMILES string of the molecule is COc1ccc(CNC(=O)C2CCN(C(=O)c3ccc(C(C)(C)C)cc3)CC2)cc1OC. The maximum atomic E-state index is 12.9. The molecular weight excluding hydrogens is 404 g/mol. The highest BCUT2D eigenvalue weighted by Crippen LogP contribution is 2.28. The first-order chi connectivity index (χ1) is 15.2. The average molecular weight is 439 g/mol. The van der Waals surface area contributed by atoms with Crippen LogP contribution >= 0.6 is 0 Å². The number of rotatable bonds is 6. The van der Waals surface area contributed by atoms with Crippen molar-refractivity contribution < 1.29 is 19.1 Å². The van der Waals surface area contributed by atoms with Gasteiger partial charge >= 0.3 is 0 Å². The predicted octanol–water partition coefficient (Wildman–Crippen LogP) is 4.17. The molecule has 1 heterocycles. The summed E-state index contributed by atoms with van der Waals surface area (Å²) in [4.78, 5) is 27.4. The number of hydrogen-bond donors (Lipinski definition) is 1. The highest BCUT2D eigenvalue weighted by atomic mass is 16.5. The Balaban J connectivity index is 1.50. The third-order valence-corrected chi connectivity index (χ3v) is 6.07. The first-order valence-corrected chi connectivity index (χ1v) is 11.1. The Hall–Kier alpha value is -3.02. The van der Waals surface area contributed by atoms with Crippen LogP contribution < -0.4 is 14.8 Å². The van der Waals surface area contributed by atoms with Gasteiger partial charge in [0, 0.05) is 31.1 Å². The first kappa shape index (κ1) is 23.6. The van der Waals surface area contributed by atoms with Crippen LogP contribution in [0.3, 0.4) is 0 Å². The minimum absolute atomic E-state index is 0.0291. The van der Waals surface area contributed by atoms with E-state index in [-0.39, 0.29) is 23.1 Å². The van der Waals surface area contributed by atoms with Crippen molar-refractivity contribution in [3.63, 3.8) is 0 Å². The molecule has 1 fully saturated rings. The second kappa shape index (κ2) is 10.1. The lowest BCUT2D eigenvalue weighted by atomic mass is 9.86. The van der Waals surface area contributed by atoms with Gasteiger partial charge in [-0.1, -0.05) is 39.0 Å². The highest BCUT2D eigenvalue weighted by Gasteiger charge is 2.28. The minimum Gasteiger partial charge on any atom is -0.493 e. The molecule has 2 aromatic rings. The smallest absolute Gasteiger partial charge is 0.253 e. The van der Waals surface area contributed by atoms with Crippen LogP contribution in [-0.2, 0) is 16.8 Å². The topological polar surface area (TPSA) is 67.9 Å². The molecule has 1 aliphatic rings. The van der Waals surface area contributed by atoms with E-state index in [1.807, 2.05) is 47.4 Å². The summed E-state index contributed by atoms with van der Waals surface area (Å²) in [6.07, 6.45) is 1.34. The number of ether oxygens (including phenoxy) is 2. The summed E-state index contributed by atoms with van der Waals surface area (Å²) < 4.78 is 10.6. The van der Waals surface area contributed by atoms with E-state index in [4.69, 9.17) is 9.47 Å². The van der Waals surface area contributed by atoms with Crippen molar-refractivity contribution in [2.75, 3.05) is 27.3 Å². The molecule has 172 valence electrons. The van der Waals surface area contributed by atoms with Gasteiger partial charge in [-0.3, -0.25) is 9.59 Å². The second-order valence-corrected chi connectivity index (χ2v) is 9.30. The standard InChI is InChI=1S/C26H34N2O4/c1-26(2,3)21-9-7-20(8-10-21)25(30)28-14-12-19(13-15-28)24(29)27-17-18-6-11-22(31-4)23(16-18)32-5/h6-11,16,19H,12-15,17H2,1-5H3,(H,27,29). The summed E-state index contributed by atoms with van der Waals surface area (Å²) in [6.45, 7) is 8.08. The number of piperidine rings is 1. The van der Waals surface area contributed by atoms with Gasteiger partial charge in [0.1, 0.15) is 0 Å². The van der Waals surface area contributed by atoms with Crippen molar-refractivity contribution in [2.24, 2.45) is 5.92 Å². The monoisotopic (exact) mass is 438 g/mol. The molecule has 0 spiro atoms. The molecule has 0 saturated carbocycles. The maximum absolute atomic E-state index is 12.9. The van der Waals surface area contributed by atoms with E-state index in [0.29, 0.717) is 49.5 Å². The fraction of sp³-hybridized carbons (Fsp3) is 0.462. The third kappa shape index (κ3) is 5.61. The van der Waals surface area contributed by atoms with Crippen molar-refractivity contribution in [3.8, 4) is 11.5 Å². The summed E-state index contributed by atoms with van der Waals surface area (Å²) in [7, 11) is 3.19. The number of carbonyl (C=O) groups excluding carboxylic acids is 2. The zero-order valence-corrected chi connectivity index (χ0v) is 19.7. The number of likely N-dealkylation sites (tertiary alicyclic amines) is 1. The number of amides is 2. The van der Waals surface area contributed by atoms with Gasteiger partial charge in [0.25, 0.3) is 5.91 Å². The van der Waals surface area contributed by atoms with E-state index in [1.54, 1.807) is 14.2 Å². The number of nitrogens with one attached hydrogen (secondary N) is 1. The van der Waals surface area contributed by atoms with E-state index in [9.17, 15) is 9.59 Å². The zero-order valence-electron chi connectivity index (χ0n) is 19.7. The number of methoxy groups -OCH3 is 2. The molecule has 0 bridgehead atoms. The maximum Gasteiger partial charge on any atom is 0.253 e. The van der Waals surface area contributed by atoms with Gasteiger partial charge in [-0.2, -0.15) is 0 Å². The highest BCUT2D eigenvalue weighted by molar-refractivity contribution is 5.94. The Bertz CT molecular complexity index is 939. The molecule has 0 aliphatic carbocycles. The average Bonchev–Trinajstić information content (AvgIpc) is 2.81. The molecule has 1 aliphatic heterocycles. The molecule has 0 atom stereocenters. The van der Waals surface area contributed by atoms with E-state index in [0.717, 1.165) is 5.56 Å². The molecule has 3 rings (SSSR count). The molecule has 2 aromatic carbocycles. The molecule has 2 amide bonds. The largest absolute Gasteiger partial charge is 0.493 e. The van der Waals surface area contributed by atoms with Crippen LogP contribution in [0.5, 0.6) is 11.5 Å². The molecule has 6 heteroatoms. The second-order valence-electron chi connectivity index (χ2n) is 9.30. The van der Waals surface area contributed by atoms with E-state index < -0.39 is 0 Å². The van der Waals surface area contributed by atoms with Gasteiger partial charge in [0.2, 0.25) is 5.91 Å².